The van der Waals surface area contributed by atoms with Gasteiger partial charge in [0.2, 0.25) is 21.8 Å². The molecule has 1 aliphatic heterocycles. The van der Waals surface area contributed by atoms with Gasteiger partial charge in [0.25, 0.3) is 0 Å². The quantitative estimate of drug-likeness (QED) is 0.585. The summed E-state index contributed by atoms with van der Waals surface area (Å²) in [6.45, 7) is 1.47. The highest BCUT2D eigenvalue weighted by Gasteiger charge is 2.28. The molecule has 0 N–H and O–H groups in total. The molecule has 2 amide bonds. The minimum absolute atomic E-state index is 0.0862. The van der Waals surface area contributed by atoms with Crippen LogP contribution in [0.4, 0.5) is 0 Å². The molecular weight excluding hydrogens is 450 g/mol. The molecular formula is C23H28ClN3O4S. The van der Waals surface area contributed by atoms with Gasteiger partial charge in [-0.2, -0.15) is 4.31 Å². The number of carbonyl (C=O) groups is 2. The monoisotopic (exact) mass is 477 g/mol. The minimum Gasteiger partial charge on any atom is -0.339 e. The van der Waals surface area contributed by atoms with Gasteiger partial charge in [0.05, 0.1) is 11.4 Å². The zero-order valence-electron chi connectivity index (χ0n) is 18.1. The van der Waals surface area contributed by atoms with Crippen molar-refractivity contribution in [1.29, 1.82) is 0 Å². The molecule has 1 aliphatic rings. The first-order valence-corrected chi connectivity index (χ1v) is 12.4. The molecule has 2 aromatic rings. The number of halogens is 1. The van der Waals surface area contributed by atoms with Crippen LogP contribution in [0.15, 0.2) is 59.5 Å². The van der Waals surface area contributed by atoms with Crippen molar-refractivity contribution < 1.29 is 18.0 Å². The summed E-state index contributed by atoms with van der Waals surface area (Å²) >= 11 is 5.82. The molecule has 0 radical (unpaired) electrons. The number of piperazine rings is 1. The largest absolute Gasteiger partial charge is 0.339 e. The fourth-order valence-electron chi connectivity index (χ4n) is 3.61. The zero-order chi connectivity index (χ0) is 23.1. The Bertz CT molecular complexity index is 1020. The molecule has 1 heterocycles. The number of amides is 2. The molecule has 1 fully saturated rings. The van der Waals surface area contributed by atoms with E-state index in [1.165, 1.54) is 36.9 Å². The van der Waals surface area contributed by atoms with Crippen molar-refractivity contribution in [3.8, 4) is 0 Å². The maximum atomic E-state index is 12.7. The highest BCUT2D eigenvalue weighted by atomic mass is 35.5. The third kappa shape index (κ3) is 6.31. The van der Waals surface area contributed by atoms with Crippen LogP contribution in [0.3, 0.4) is 0 Å². The molecule has 9 heteroatoms. The van der Waals surface area contributed by atoms with Crippen LogP contribution in [0.25, 0.3) is 0 Å². The Labute approximate surface area is 194 Å². The Morgan fingerprint density at radius 3 is 2.06 bits per heavy atom. The molecule has 0 unspecified atom stereocenters. The third-order valence-corrected chi connectivity index (χ3v) is 7.63. The predicted molar refractivity (Wildman–Crippen MR) is 124 cm³/mol. The Kier molecular flexibility index (Phi) is 8.28. The Hall–Kier alpha value is -2.42. The van der Waals surface area contributed by atoms with Gasteiger partial charge in [-0.05, 0) is 42.7 Å². The second kappa shape index (κ2) is 10.9. The molecule has 172 valence electrons. The molecule has 0 saturated carbocycles. The molecule has 0 atom stereocenters. The van der Waals surface area contributed by atoms with Crippen molar-refractivity contribution in [1.82, 2.24) is 14.1 Å². The second-order valence-corrected chi connectivity index (χ2v) is 10.3. The maximum absolute atomic E-state index is 12.7. The van der Waals surface area contributed by atoms with Crippen molar-refractivity contribution in [2.75, 3.05) is 39.8 Å². The van der Waals surface area contributed by atoms with Crippen molar-refractivity contribution >= 4 is 33.4 Å². The van der Waals surface area contributed by atoms with Gasteiger partial charge >= 0.3 is 0 Å². The normalized spacial score (nSPS) is 14.6. The number of benzene rings is 2. The molecule has 0 aliphatic carbocycles. The average Bonchev–Trinajstić information content (AvgIpc) is 2.80. The molecule has 32 heavy (non-hydrogen) atoms. The maximum Gasteiger partial charge on any atom is 0.243 e. The third-order valence-electron chi connectivity index (χ3n) is 5.56. The van der Waals surface area contributed by atoms with Crippen molar-refractivity contribution in [3.05, 3.63) is 65.2 Å². The highest BCUT2D eigenvalue weighted by Crippen LogP contribution is 2.18. The van der Waals surface area contributed by atoms with Gasteiger partial charge in [0.1, 0.15) is 0 Å². The fourth-order valence-corrected chi connectivity index (χ4v) is 4.86. The van der Waals surface area contributed by atoms with Crippen molar-refractivity contribution in [3.63, 3.8) is 0 Å². The minimum atomic E-state index is -3.78. The number of sulfonamides is 1. The predicted octanol–water partition coefficient (Wildman–Crippen LogP) is 2.65. The standard InChI is InChI=1S/C23H28ClN3O4S/c1-25(32(30,31)21-12-10-20(24)11-13-21)18-23(29)27-16-14-26(15-17-27)22(28)9-5-8-19-6-3-2-4-7-19/h2-4,6-7,10-13H,5,8-9,14-18H2,1H3. The van der Waals surface area contributed by atoms with Crippen molar-refractivity contribution in [2.24, 2.45) is 0 Å². The van der Waals surface area contributed by atoms with Crippen LogP contribution < -0.4 is 0 Å². The van der Waals surface area contributed by atoms with E-state index in [0.29, 0.717) is 37.6 Å². The molecule has 2 aromatic carbocycles. The lowest BCUT2D eigenvalue weighted by atomic mass is 10.1. The molecule has 1 saturated heterocycles. The molecule has 3 rings (SSSR count). The summed E-state index contributed by atoms with van der Waals surface area (Å²) in [5.74, 6) is -0.184. The van der Waals surface area contributed by atoms with E-state index in [2.05, 4.69) is 12.1 Å². The summed E-state index contributed by atoms with van der Waals surface area (Å²) < 4.78 is 26.4. The second-order valence-electron chi connectivity index (χ2n) is 7.82. The first-order chi connectivity index (χ1) is 15.3. The summed E-state index contributed by atoms with van der Waals surface area (Å²) in [7, 11) is -2.40. The van der Waals surface area contributed by atoms with Crippen LogP contribution >= 0.6 is 11.6 Å². The van der Waals surface area contributed by atoms with E-state index in [4.69, 9.17) is 11.6 Å². The smallest absolute Gasteiger partial charge is 0.243 e. The summed E-state index contributed by atoms with van der Waals surface area (Å²) in [5.41, 5.74) is 1.22. The van der Waals surface area contributed by atoms with Crippen LogP contribution in [0.1, 0.15) is 18.4 Å². The Morgan fingerprint density at radius 2 is 1.47 bits per heavy atom. The number of aryl methyl sites for hydroxylation is 1. The summed E-state index contributed by atoms with van der Waals surface area (Å²) in [6.07, 6.45) is 2.12. The van der Waals surface area contributed by atoms with E-state index in [9.17, 15) is 18.0 Å². The number of rotatable bonds is 8. The van der Waals surface area contributed by atoms with Crippen LogP contribution in [0.2, 0.25) is 5.02 Å². The van der Waals surface area contributed by atoms with Gasteiger partial charge in [-0.1, -0.05) is 41.9 Å². The number of carbonyl (C=O) groups excluding carboxylic acids is 2. The molecule has 0 bridgehead atoms. The van der Waals surface area contributed by atoms with Gasteiger partial charge in [0.15, 0.2) is 0 Å². The van der Waals surface area contributed by atoms with Gasteiger partial charge in [-0.15, -0.1) is 0 Å². The summed E-state index contributed by atoms with van der Waals surface area (Å²) in [6, 6.07) is 15.9. The SMILES string of the molecule is CN(CC(=O)N1CCN(C(=O)CCCc2ccccc2)CC1)S(=O)(=O)c1ccc(Cl)cc1. The molecule has 7 nitrogen and oxygen atoms in total. The number of nitrogens with zero attached hydrogens (tertiary/aromatic N) is 3. The topological polar surface area (TPSA) is 78.0 Å². The van der Waals surface area contributed by atoms with Gasteiger partial charge in [0, 0.05) is 44.7 Å². The van der Waals surface area contributed by atoms with E-state index in [1.807, 2.05) is 18.2 Å². The van der Waals surface area contributed by atoms with E-state index in [-0.39, 0.29) is 23.3 Å². The molecule has 0 aromatic heterocycles. The lowest BCUT2D eigenvalue weighted by molar-refractivity contribution is -0.139. The first kappa shape index (κ1) is 24.2. The van der Waals surface area contributed by atoms with Crippen LogP contribution in [-0.4, -0.2) is 74.1 Å². The van der Waals surface area contributed by atoms with Crippen LogP contribution in [-0.2, 0) is 26.0 Å². The van der Waals surface area contributed by atoms with Crippen molar-refractivity contribution in [2.45, 2.75) is 24.2 Å². The summed E-state index contributed by atoms with van der Waals surface area (Å²) in [4.78, 5) is 28.6. The van der Waals surface area contributed by atoms with Crippen LogP contribution in [0.5, 0.6) is 0 Å². The number of hydrogen-bond acceptors (Lipinski definition) is 4. The zero-order valence-corrected chi connectivity index (χ0v) is 19.7. The van der Waals surface area contributed by atoms with E-state index >= 15 is 0 Å². The molecule has 0 spiro atoms. The Balaban J connectivity index is 1.44. The lowest BCUT2D eigenvalue weighted by Crippen LogP contribution is -2.52. The van der Waals surface area contributed by atoms with Gasteiger partial charge in [-0.25, -0.2) is 8.42 Å². The van der Waals surface area contributed by atoms with E-state index in [0.717, 1.165) is 17.1 Å². The number of likely N-dealkylation sites (N-methyl/N-ethyl adjacent to an activating group) is 1. The van der Waals surface area contributed by atoms with Gasteiger partial charge in [-0.3, -0.25) is 9.59 Å². The first-order valence-electron chi connectivity index (χ1n) is 10.6. The van der Waals surface area contributed by atoms with E-state index < -0.39 is 10.0 Å². The summed E-state index contributed by atoms with van der Waals surface area (Å²) in [5, 5.41) is 0.440. The number of hydrogen-bond donors (Lipinski definition) is 0. The lowest BCUT2D eigenvalue weighted by Gasteiger charge is -2.35. The Morgan fingerprint density at radius 1 is 0.906 bits per heavy atom. The van der Waals surface area contributed by atoms with E-state index in [1.54, 1.807) is 9.80 Å². The highest BCUT2D eigenvalue weighted by molar-refractivity contribution is 7.89. The van der Waals surface area contributed by atoms with Gasteiger partial charge < -0.3 is 9.80 Å². The van der Waals surface area contributed by atoms with Crippen LogP contribution in [0, 0.1) is 0 Å². The fraction of sp³-hybridized carbons (Fsp3) is 0.391. The average molecular weight is 478 g/mol.